The second-order valence-electron chi connectivity index (χ2n) is 9.42. The summed E-state index contributed by atoms with van der Waals surface area (Å²) in [5.74, 6) is 1.90. The Morgan fingerprint density at radius 3 is 2.57 bits per heavy atom. The molecule has 3 aromatic rings. The maximum Gasteiger partial charge on any atom is 0.410 e. The molecule has 1 amide bonds. The molecule has 0 bridgehead atoms. The van der Waals surface area contributed by atoms with Crippen molar-refractivity contribution < 1.29 is 19.0 Å². The molecule has 4 rings (SSSR count). The average Bonchev–Trinajstić information content (AvgIpc) is 3.46. The molecule has 1 N–H and O–H groups in total. The van der Waals surface area contributed by atoms with Crippen LogP contribution in [-0.4, -0.2) is 62.0 Å². The van der Waals surface area contributed by atoms with Crippen molar-refractivity contribution in [2.45, 2.75) is 52.6 Å². The van der Waals surface area contributed by atoms with E-state index in [4.69, 9.17) is 14.2 Å². The number of nitrogens with zero attached hydrogens (tertiary/aromatic N) is 5. The van der Waals surface area contributed by atoms with E-state index in [1.165, 1.54) is 0 Å². The molecule has 0 saturated carbocycles. The van der Waals surface area contributed by atoms with Gasteiger partial charge in [-0.05, 0) is 52.8 Å². The second-order valence-corrected chi connectivity index (χ2v) is 9.42. The summed E-state index contributed by atoms with van der Waals surface area (Å²) in [5, 5.41) is 3.44. The van der Waals surface area contributed by atoms with Crippen LogP contribution in [0.15, 0.2) is 49.1 Å². The van der Waals surface area contributed by atoms with Gasteiger partial charge in [0.05, 0.1) is 12.2 Å². The number of imidazole rings is 1. The van der Waals surface area contributed by atoms with Crippen LogP contribution in [0.25, 0.3) is 5.95 Å². The summed E-state index contributed by atoms with van der Waals surface area (Å²) in [6.45, 7) is 10.6. The lowest BCUT2D eigenvalue weighted by Gasteiger charge is -2.29. The molecule has 0 radical (unpaired) electrons. The number of fused-ring (bicyclic) bond motifs is 1. The number of aryl methyl sites for hydroxylation is 1. The van der Waals surface area contributed by atoms with E-state index in [0.717, 1.165) is 11.4 Å². The van der Waals surface area contributed by atoms with Gasteiger partial charge in [-0.1, -0.05) is 12.1 Å². The van der Waals surface area contributed by atoms with E-state index in [-0.39, 0.29) is 12.6 Å². The fraction of sp³-hybridized carbons (Fsp3) is 0.440. The highest BCUT2D eigenvalue weighted by molar-refractivity contribution is 5.68. The molecule has 1 aliphatic heterocycles. The van der Waals surface area contributed by atoms with Crippen LogP contribution in [0, 0.1) is 6.92 Å². The normalized spacial score (nSPS) is 14.1. The molecule has 2 aromatic heterocycles. The van der Waals surface area contributed by atoms with Gasteiger partial charge in [-0.25, -0.2) is 19.7 Å². The Morgan fingerprint density at radius 2 is 1.94 bits per heavy atom. The highest BCUT2D eigenvalue weighted by atomic mass is 16.7. The van der Waals surface area contributed by atoms with E-state index in [1.54, 1.807) is 28.2 Å². The zero-order chi connectivity index (χ0) is 25.0. The molecule has 0 saturated heterocycles. The van der Waals surface area contributed by atoms with Crippen LogP contribution >= 0.6 is 0 Å². The predicted octanol–water partition coefficient (Wildman–Crippen LogP) is 3.66. The van der Waals surface area contributed by atoms with Crippen LogP contribution in [0.5, 0.6) is 11.5 Å². The van der Waals surface area contributed by atoms with Crippen molar-refractivity contribution in [3.05, 3.63) is 60.4 Å². The highest BCUT2D eigenvalue weighted by Gasteiger charge is 2.30. The van der Waals surface area contributed by atoms with Crippen molar-refractivity contribution >= 4 is 6.09 Å². The van der Waals surface area contributed by atoms with Crippen molar-refractivity contribution in [2.75, 3.05) is 19.6 Å². The largest absolute Gasteiger partial charge is 0.449 e. The zero-order valence-corrected chi connectivity index (χ0v) is 20.8. The Labute approximate surface area is 205 Å². The van der Waals surface area contributed by atoms with Gasteiger partial charge in [0, 0.05) is 37.2 Å². The van der Waals surface area contributed by atoms with E-state index in [9.17, 15) is 4.79 Å². The summed E-state index contributed by atoms with van der Waals surface area (Å²) < 4.78 is 19.1. The van der Waals surface area contributed by atoms with E-state index in [1.807, 2.05) is 65.0 Å². The first-order valence-corrected chi connectivity index (χ1v) is 11.7. The smallest absolute Gasteiger partial charge is 0.410 e. The van der Waals surface area contributed by atoms with Crippen LogP contribution in [-0.2, 0) is 4.74 Å². The van der Waals surface area contributed by atoms with Gasteiger partial charge in [-0.3, -0.25) is 9.47 Å². The van der Waals surface area contributed by atoms with E-state index in [2.05, 4.69) is 20.3 Å². The van der Waals surface area contributed by atoms with Gasteiger partial charge in [-0.15, -0.1) is 0 Å². The van der Waals surface area contributed by atoms with Crippen LogP contribution < -0.4 is 14.8 Å². The molecular formula is C25H32N6O4. The molecule has 35 heavy (non-hydrogen) atoms. The van der Waals surface area contributed by atoms with E-state index in [0.29, 0.717) is 30.5 Å². The molecule has 10 heteroatoms. The summed E-state index contributed by atoms with van der Waals surface area (Å²) in [6.07, 6.45) is 4.14. The number of carbonyl (C=O) groups is 1. The molecule has 1 aliphatic rings. The van der Waals surface area contributed by atoms with Crippen molar-refractivity contribution in [3.8, 4) is 17.4 Å². The minimum Gasteiger partial charge on any atom is -0.449 e. The molecule has 186 valence electrons. The van der Waals surface area contributed by atoms with Crippen molar-refractivity contribution in [2.24, 2.45) is 0 Å². The summed E-state index contributed by atoms with van der Waals surface area (Å²) in [7, 11) is 0. The maximum atomic E-state index is 12.9. The van der Waals surface area contributed by atoms with Gasteiger partial charge in [-0.2, -0.15) is 0 Å². The lowest BCUT2D eigenvalue weighted by molar-refractivity contribution is -0.0106. The predicted molar refractivity (Wildman–Crippen MR) is 130 cm³/mol. The number of amides is 1. The highest BCUT2D eigenvalue weighted by Crippen LogP contribution is 2.34. The van der Waals surface area contributed by atoms with Crippen molar-refractivity contribution in [1.29, 1.82) is 0 Å². The van der Waals surface area contributed by atoms with Gasteiger partial charge in [0.1, 0.15) is 11.9 Å². The monoisotopic (exact) mass is 480 g/mol. The number of hydrogen-bond donors (Lipinski definition) is 1. The van der Waals surface area contributed by atoms with Gasteiger partial charge in [0.15, 0.2) is 11.5 Å². The van der Waals surface area contributed by atoms with Crippen LogP contribution in [0.1, 0.15) is 45.1 Å². The number of para-hydroxylation sites is 2. The van der Waals surface area contributed by atoms with Crippen molar-refractivity contribution in [1.82, 2.24) is 29.7 Å². The SMILES string of the molecule is Cc1cc(C(C)NCCN(CC2Oc3ccccc3O2)C(=O)OC(C)(C)C)nc(-n2ccnc2)n1. The lowest BCUT2D eigenvalue weighted by atomic mass is 10.2. The van der Waals surface area contributed by atoms with Gasteiger partial charge < -0.3 is 19.5 Å². The molecule has 0 aliphatic carbocycles. The first-order chi connectivity index (χ1) is 16.7. The molecule has 1 atom stereocenters. The molecule has 1 unspecified atom stereocenters. The fourth-order valence-corrected chi connectivity index (χ4v) is 3.60. The topological polar surface area (TPSA) is 104 Å². The molecule has 3 heterocycles. The molecule has 1 aromatic carbocycles. The summed E-state index contributed by atoms with van der Waals surface area (Å²) in [4.78, 5) is 27.7. The number of carbonyl (C=O) groups excluding carboxylic acids is 1. The average molecular weight is 481 g/mol. The number of benzene rings is 1. The Bertz CT molecular complexity index is 1120. The third-order valence-corrected chi connectivity index (χ3v) is 5.26. The van der Waals surface area contributed by atoms with Gasteiger partial charge in [0.25, 0.3) is 6.29 Å². The van der Waals surface area contributed by atoms with Gasteiger partial charge >= 0.3 is 6.09 Å². The van der Waals surface area contributed by atoms with E-state index < -0.39 is 18.0 Å². The number of rotatable bonds is 8. The molecule has 0 fully saturated rings. The molecule has 0 spiro atoms. The van der Waals surface area contributed by atoms with Crippen molar-refractivity contribution in [3.63, 3.8) is 0 Å². The molecule has 10 nitrogen and oxygen atoms in total. The van der Waals surface area contributed by atoms with Crippen LogP contribution in [0.4, 0.5) is 4.79 Å². The van der Waals surface area contributed by atoms with Crippen LogP contribution in [0.2, 0.25) is 0 Å². The van der Waals surface area contributed by atoms with Crippen LogP contribution in [0.3, 0.4) is 0 Å². The third-order valence-electron chi connectivity index (χ3n) is 5.26. The zero-order valence-electron chi connectivity index (χ0n) is 20.8. The molecular weight excluding hydrogens is 448 g/mol. The minimum atomic E-state index is -0.612. The minimum absolute atomic E-state index is 0.0670. The summed E-state index contributed by atoms with van der Waals surface area (Å²) in [6, 6.07) is 9.34. The Hall–Kier alpha value is -3.66. The second kappa shape index (κ2) is 10.3. The Balaban J connectivity index is 1.39. The van der Waals surface area contributed by atoms with Gasteiger partial charge in [0.2, 0.25) is 5.95 Å². The number of nitrogens with one attached hydrogen (secondary N) is 1. The number of hydrogen-bond acceptors (Lipinski definition) is 8. The number of aromatic nitrogens is 4. The summed E-state index contributed by atoms with van der Waals surface area (Å²) >= 11 is 0. The maximum absolute atomic E-state index is 12.9. The first-order valence-electron chi connectivity index (χ1n) is 11.7. The van der Waals surface area contributed by atoms with E-state index >= 15 is 0 Å². The third kappa shape index (κ3) is 6.48. The standard InChI is InChI=1S/C25H32N6O4/c1-17-14-19(29-23(28-17)31-12-10-26-16-31)18(2)27-11-13-30(24(32)35-25(3,4)5)15-22-33-20-8-6-7-9-21(20)34-22/h6-10,12,14,16,18,22,27H,11,13,15H2,1-5H3. The first kappa shape index (κ1) is 24.5. The Kier molecular flexibility index (Phi) is 7.20. The quantitative estimate of drug-likeness (QED) is 0.521. The number of ether oxygens (including phenoxy) is 3. The summed E-state index contributed by atoms with van der Waals surface area (Å²) in [5.41, 5.74) is 1.10. The fourth-order valence-electron chi connectivity index (χ4n) is 3.60. The Morgan fingerprint density at radius 1 is 1.23 bits per heavy atom. The lowest BCUT2D eigenvalue weighted by Crippen LogP contribution is -2.46.